The molecule has 0 fully saturated rings. The highest BCUT2D eigenvalue weighted by Crippen LogP contribution is 2.12. The second-order valence-electron chi connectivity index (χ2n) is 6.56. The normalized spacial score (nSPS) is 11.0. The van der Waals surface area contributed by atoms with Gasteiger partial charge in [0.25, 0.3) is 0 Å². The van der Waals surface area contributed by atoms with Crippen LogP contribution in [0.15, 0.2) is 54.9 Å². The van der Waals surface area contributed by atoms with Crippen molar-refractivity contribution in [3.8, 4) is 5.75 Å². The van der Waals surface area contributed by atoms with Crippen LogP contribution < -0.4 is 9.30 Å². The molecule has 0 amide bonds. The predicted molar refractivity (Wildman–Crippen MR) is 106 cm³/mol. The highest BCUT2D eigenvalue weighted by atomic mass is 16.5. The summed E-state index contributed by atoms with van der Waals surface area (Å²) in [5.41, 5.74) is 1.70. The molecule has 0 unspecified atom stereocenters. The second kappa shape index (κ2) is 11.2. The summed E-state index contributed by atoms with van der Waals surface area (Å²) in [6.45, 7) is 3.30. The van der Waals surface area contributed by atoms with Gasteiger partial charge in [-0.3, -0.25) is 4.79 Å². The van der Waals surface area contributed by atoms with Gasteiger partial charge in [0.15, 0.2) is 18.2 Å². The zero-order chi connectivity index (χ0) is 18.6. The number of pyridine rings is 1. The summed E-state index contributed by atoms with van der Waals surface area (Å²) in [6, 6.07) is 11.3. The molecule has 1 heterocycles. The van der Waals surface area contributed by atoms with Gasteiger partial charge in [-0.15, -0.1) is 0 Å². The van der Waals surface area contributed by atoms with Crippen LogP contribution in [0, 0.1) is 0 Å². The van der Waals surface area contributed by atoms with Crippen LogP contribution in [0.5, 0.6) is 5.75 Å². The van der Waals surface area contributed by atoms with E-state index in [0.717, 1.165) is 17.9 Å². The Morgan fingerprint density at radius 1 is 0.962 bits per heavy atom. The monoisotopic (exact) mass is 352 g/mol. The minimum atomic E-state index is -0.00328. The van der Waals surface area contributed by atoms with Crippen LogP contribution in [0.25, 0.3) is 6.08 Å². The lowest BCUT2D eigenvalue weighted by molar-refractivity contribution is -0.697. The average Bonchev–Trinajstić information content (AvgIpc) is 2.69. The standard InChI is InChI=1S/C23H30NO2/c1-3-4-5-6-7-8-17-24-18-15-20(16-19-24)9-14-23(25)21-10-12-22(26-2)13-11-21/h9-16,18-19H,3-8,17H2,1-2H3/q+1/b14-9+. The topological polar surface area (TPSA) is 30.2 Å². The van der Waals surface area contributed by atoms with Crippen LogP contribution in [-0.2, 0) is 6.54 Å². The minimum Gasteiger partial charge on any atom is -0.497 e. The number of rotatable bonds is 11. The summed E-state index contributed by atoms with van der Waals surface area (Å²) in [7, 11) is 1.62. The van der Waals surface area contributed by atoms with E-state index in [4.69, 9.17) is 4.74 Å². The highest BCUT2D eigenvalue weighted by Gasteiger charge is 2.03. The molecule has 0 aliphatic heterocycles. The van der Waals surface area contributed by atoms with Crippen LogP contribution >= 0.6 is 0 Å². The van der Waals surface area contributed by atoms with Crippen molar-refractivity contribution in [3.05, 3.63) is 66.0 Å². The fourth-order valence-electron chi connectivity index (χ4n) is 2.83. The summed E-state index contributed by atoms with van der Waals surface area (Å²) in [6.07, 6.45) is 15.5. The first-order valence-corrected chi connectivity index (χ1v) is 9.58. The van der Waals surface area contributed by atoms with Crippen molar-refractivity contribution in [2.24, 2.45) is 0 Å². The fourth-order valence-corrected chi connectivity index (χ4v) is 2.83. The Labute approximate surface area is 157 Å². The van der Waals surface area contributed by atoms with Crippen molar-refractivity contribution in [1.82, 2.24) is 0 Å². The SMILES string of the molecule is CCCCCCCC[n+]1ccc(/C=C/C(=O)c2ccc(OC)cc2)cc1. The lowest BCUT2D eigenvalue weighted by atomic mass is 10.1. The maximum absolute atomic E-state index is 12.2. The van der Waals surface area contributed by atoms with Crippen molar-refractivity contribution in [2.75, 3.05) is 7.11 Å². The molecule has 0 aliphatic rings. The fraction of sp³-hybridized carbons (Fsp3) is 0.391. The Bertz CT molecular complexity index is 687. The van der Waals surface area contributed by atoms with E-state index < -0.39 is 0 Å². The first-order valence-electron chi connectivity index (χ1n) is 9.58. The van der Waals surface area contributed by atoms with E-state index in [-0.39, 0.29) is 5.78 Å². The molecule has 3 heteroatoms. The number of aromatic nitrogens is 1. The lowest BCUT2D eigenvalue weighted by Crippen LogP contribution is -2.32. The average molecular weight is 352 g/mol. The largest absolute Gasteiger partial charge is 0.497 e. The summed E-state index contributed by atoms with van der Waals surface area (Å²) < 4.78 is 7.32. The summed E-state index contributed by atoms with van der Waals surface area (Å²) in [4.78, 5) is 12.2. The molecule has 0 saturated carbocycles. The van der Waals surface area contributed by atoms with Gasteiger partial charge in [-0.2, -0.15) is 0 Å². The Morgan fingerprint density at radius 3 is 2.27 bits per heavy atom. The number of carbonyl (C=O) groups excluding carboxylic acids is 1. The van der Waals surface area contributed by atoms with Crippen LogP contribution in [0.3, 0.4) is 0 Å². The molecule has 1 aromatic carbocycles. The first-order chi connectivity index (χ1) is 12.7. The summed E-state index contributed by atoms with van der Waals surface area (Å²) in [5, 5.41) is 0. The molecule has 138 valence electrons. The third-order valence-corrected chi connectivity index (χ3v) is 4.49. The Hall–Kier alpha value is -2.42. The zero-order valence-corrected chi connectivity index (χ0v) is 16.0. The lowest BCUT2D eigenvalue weighted by Gasteiger charge is -2.00. The maximum Gasteiger partial charge on any atom is 0.185 e. The van der Waals surface area contributed by atoms with Gasteiger partial charge in [0.05, 0.1) is 7.11 Å². The van der Waals surface area contributed by atoms with Crippen molar-refractivity contribution >= 4 is 11.9 Å². The molecule has 2 rings (SSSR count). The second-order valence-corrected chi connectivity index (χ2v) is 6.56. The molecule has 2 aromatic rings. The molecule has 0 aliphatic carbocycles. The van der Waals surface area contributed by atoms with Crippen molar-refractivity contribution in [1.29, 1.82) is 0 Å². The van der Waals surface area contributed by atoms with Crippen molar-refractivity contribution in [3.63, 3.8) is 0 Å². The summed E-state index contributed by atoms with van der Waals surface area (Å²) in [5.74, 6) is 0.750. The molecule has 0 spiro atoms. The number of aryl methyl sites for hydroxylation is 1. The van der Waals surface area contributed by atoms with E-state index in [9.17, 15) is 4.79 Å². The van der Waals surface area contributed by atoms with Crippen LogP contribution in [0.1, 0.15) is 61.4 Å². The molecule has 1 aromatic heterocycles. The molecular weight excluding hydrogens is 322 g/mol. The van der Waals surface area contributed by atoms with Gasteiger partial charge in [-0.1, -0.05) is 38.7 Å². The van der Waals surface area contributed by atoms with Gasteiger partial charge in [0.2, 0.25) is 0 Å². The number of hydrogen-bond acceptors (Lipinski definition) is 2. The summed E-state index contributed by atoms with van der Waals surface area (Å²) >= 11 is 0. The quantitative estimate of drug-likeness (QED) is 0.240. The van der Waals surface area contributed by atoms with Gasteiger partial charge >= 0.3 is 0 Å². The molecule has 3 nitrogen and oxygen atoms in total. The first kappa shape index (κ1) is 19.9. The third kappa shape index (κ3) is 6.83. The van der Waals surface area contributed by atoms with Gasteiger partial charge in [0.1, 0.15) is 12.3 Å². The van der Waals surface area contributed by atoms with Gasteiger partial charge in [-0.05, 0) is 42.3 Å². The molecule has 0 saturated heterocycles. The Morgan fingerprint density at radius 2 is 1.62 bits per heavy atom. The smallest absolute Gasteiger partial charge is 0.185 e. The molecule has 0 bridgehead atoms. The number of nitrogens with zero attached hydrogens (tertiary/aromatic N) is 1. The van der Waals surface area contributed by atoms with Crippen LogP contribution in [-0.4, -0.2) is 12.9 Å². The predicted octanol–water partition coefficient (Wildman–Crippen LogP) is 5.24. The Kier molecular flexibility index (Phi) is 8.61. The molecule has 0 radical (unpaired) electrons. The van der Waals surface area contributed by atoms with Crippen LogP contribution in [0.2, 0.25) is 0 Å². The Balaban J connectivity index is 1.80. The number of methoxy groups -OCH3 is 1. The number of ketones is 1. The molecule has 26 heavy (non-hydrogen) atoms. The van der Waals surface area contributed by atoms with Gasteiger partial charge in [-0.25, -0.2) is 4.57 Å². The molecular formula is C23H30NO2+. The molecule has 0 atom stereocenters. The van der Waals surface area contributed by atoms with E-state index in [1.807, 2.05) is 6.08 Å². The van der Waals surface area contributed by atoms with E-state index in [1.54, 1.807) is 37.5 Å². The third-order valence-electron chi connectivity index (χ3n) is 4.49. The highest BCUT2D eigenvalue weighted by molar-refractivity contribution is 6.06. The number of benzene rings is 1. The zero-order valence-electron chi connectivity index (χ0n) is 16.0. The van der Waals surface area contributed by atoms with E-state index in [0.29, 0.717) is 5.56 Å². The number of carbonyl (C=O) groups is 1. The number of hydrogen-bond donors (Lipinski definition) is 0. The number of unbranched alkanes of at least 4 members (excludes halogenated alkanes) is 5. The minimum absolute atomic E-state index is 0.00328. The van der Waals surface area contributed by atoms with Crippen molar-refractivity contribution in [2.45, 2.75) is 52.0 Å². The van der Waals surface area contributed by atoms with E-state index >= 15 is 0 Å². The van der Waals surface area contributed by atoms with Crippen molar-refractivity contribution < 1.29 is 14.1 Å². The molecule has 0 N–H and O–H groups in total. The number of ether oxygens (including phenoxy) is 1. The number of allylic oxidation sites excluding steroid dienone is 1. The maximum atomic E-state index is 12.2. The van der Waals surface area contributed by atoms with E-state index in [2.05, 4.69) is 36.0 Å². The van der Waals surface area contributed by atoms with Gasteiger partial charge < -0.3 is 4.74 Å². The van der Waals surface area contributed by atoms with E-state index in [1.165, 1.54) is 38.5 Å². The van der Waals surface area contributed by atoms with Crippen LogP contribution in [0.4, 0.5) is 0 Å². The van der Waals surface area contributed by atoms with Gasteiger partial charge in [0, 0.05) is 24.1 Å².